The molecule has 0 fully saturated rings. The molecular formula is C8H16O2. The Kier molecular flexibility index (Phi) is 5.22. The van der Waals surface area contributed by atoms with E-state index in [4.69, 9.17) is 5.11 Å². The Hall–Kier alpha value is -0.370. The molecule has 10 heavy (non-hydrogen) atoms. The van der Waals surface area contributed by atoms with E-state index in [-0.39, 0.29) is 6.10 Å². The van der Waals surface area contributed by atoms with Crippen LogP contribution in [0.5, 0.6) is 0 Å². The van der Waals surface area contributed by atoms with Crippen LogP contribution in [0.4, 0.5) is 0 Å². The molecule has 2 nitrogen and oxygen atoms in total. The molecule has 0 unspecified atom stereocenters. The first-order valence-corrected chi connectivity index (χ1v) is 3.86. The molecule has 0 aromatic heterocycles. The van der Waals surface area contributed by atoms with Gasteiger partial charge in [0.15, 0.2) is 0 Å². The van der Waals surface area contributed by atoms with Crippen LogP contribution >= 0.6 is 0 Å². The van der Waals surface area contributed by atoms with E-state index in [9.17, 15) is 4.79 Å². The summed E-state index contributed by atoms with van der Waals surface area (Å²) in [6.07, 6.45) is 2.56. The minimum absolute atomic E-state index is 0.260. The van der Waals surface area contributed by atoms with Crippen molar-refractivity contribution in [3.63, 3.8) is 0 Å². The first kappa shape index (κ1) is 9.63. The predicted molar refractivity (Wildman–Crippen MR) is 40.8 cm³/mol. The topological polar surface area (TPSA) is 37.3 Å². The standard InChI is InChI=1S/C8H16O2/c1-3-8(10)6-4-5-7(2)9/h7,9H,3-6H2,1-2H3/t7-/m1/s1. The molecule has 0 saturated heterocycles. The lowest BCUT2D eigenvalue weighted by molar-refractivity contribution is -0.118. The molecule has 0 radical (unpaired) electrons. The van der Waals surface area contributed by atoms with Crippen molar-refractivity contribution in [2.24, 2.45) is 0 Å². The average Bonchev–Trinajstić information content (AvgIpc) is 1.87. The Labute approximate surface area is 62.2 Å². The molecular weight excluding hydrogens is 128 g/mol. The molecule has 0 aliphatic carbocycles. The second-order valence-electron chi connectivity index (χ2n) is 2.63. The number of carbonyl (C=O) groups excluding carboxylic acids is 1. The molecule has 0 spiro atoms. The average molecular weight is 144 g/mol. The zero-order valence-electron chi connectivity index (χ0n) is 6.76. The summed E-state index contributed by atoms with van der Waals surface area (Å²) in [5.74, 6) is 0.292. The van der Waals surface area contributed by atoms with Gasteiger partial charge in [0.2, 0.25) is 0 Å². The van der Waals surface area contributed by atoms with Crippen LogP contribution in [0.2, 0.25) is 0 Å². The van der Waals surface area contributed by atoms with E-state index in [1.807, 2.05) is 6.92 Å². The highest BCUT2D eigenvalue weighted by Gasteiger charge is 1.99. The molecule has 2 heteroatoms. The number of Topliss-reactive ketones (excluding diaryl/α,β-unsaturated/α-hetero) is 1. The minimum Gasteiger partial charge on any atom is -0.393 e. The number of aliphatic hydroxyl groups is 1. The van der Waals surface area contributed by atoms with Crippen LogP contribution in [0.1, 0.15) is 39.5 Å². The maximum Gasteiger partial charge on any atom is 0.132 e. The molecule has 0 saturated carbocycles. The molecule has 0 aromatic carbocycles. The maximum absolute atomic E-state index is 10.7. The fraction of sp³-hybridized carbons (Fsp3) is 0.875. The lowest BCUT2D eigenvalue weighted by Gasteiger charge is -2.01. The van der Waals surface area contributed by atoms with E-state index < -0.39 is 0 Å². The van der Waals surface area contributed by atoms with Gasteiger partial charge in [-0.1, -0.05) is 6.92 Å². The normalized spacial score (nSPS) is 13.1. The van der Waals surface area contributed by atoms with Crippen LogP contribution in [0.25, 0.3) is 0 Å². The highest BCUT2D eigenvalue weighted by atomic mass is 16.3. The van der Waals surface area contributed by atoms with Gasteiger partial charge in [-0.25, -0.2) is 0 Å². The van der Waals surface area contributed by atoms with E-state index >= 15 is 0 Å². The van der Waals surface area contributed by atoms with Gasteiger partial charge >= 0.3 is 0 Å². The molecule has 0 aromatic rings. The van der Waals surface area contributed by atoms with Crippen molar-refractivity contribution in [1.29, 1.82) is 0 Å². The van der Waals surface area contributed by atoms with Crippen molar-refractivity contribution in [3.8, 4) is 0 Å². The molecule has 1 N–H and O–H groups in total. The number of hydrogen-bond donors (Lipinski definition) is 1. The van der Waals surface area contributed by atoms with Crippen LogP contribution in [-0.2, 0) is 4.79 Å². The number of hydrogen-bond acceptors (Lipinski definition) is 2. The summed E-state index contributed by atoms with van der Waals surface area (Å²) >= 11 is 0. The Morgan fingerprint density at radius 3 is 2.60 bits per heavy atom. The Balaban J connectivity index is 3.12. The fourth-order valence-corrected chi connectivity index (χ4v) is 0.771. The fourth-order valence-electron chi connectivity index (χ4n) is 0.771. The summed E-state index contributed by atoms with van der Waals surface area (Å²) < 4.78 is 0. The molecule has 0 bridgehead atoms. The second kappa shape index (κ2) is 5.42. The first-order valence-electron chi connectivity index (χ1n) is 3.86. The zero-order chi connectivity index (χ0) is 7.98. The van der Waals surface area contributed by atoms with Gasteiger partial charge in [-0.15, -0.1) is 0 Å². The van der Waals surface area contributed by atoms with Gasteiger partial charge in [0.25, 0.3) is 0 Å². The molecule has 1 atom stereocenters. The van der Waals surface area contributed by atoms with E-state index in [1.165, 1.54) is 0 Å². The van der Waals surface area contributed by atoms with E-state index in [0.717, 1.165) is 12.8 Å². The highest BCUT2D eigenvalue weighted by molar-refractivity contribution is 5.77. The Morgan fingerprint density at radius 1 is 1.60 bits per heavy atom. The van der Waals surface area contributed by atoms with Gasteiger partial charge in [0.05, 0.1) is 6.10 Å². The van der Waals surface area contributed by atoms with E-state index in [2.05, 4.69) is 0 Å². The third-order valence-electron chi connectivity index (χ3n) is 1.47. The zero-order valence-corrected chi connectivity index (χ0v) is 6.76. The van der Waals surface area contributed by atoms with E-state index in [1.54, 1.807) is 6.92 Å². The third-order valence-corrected chi connectivity index (χ3v) is 1.47. The first-order chi connectivity index (χ1) is 4.66. The lowest BCUT2D eigenvalue weighted by Crippen LogP contribution is -2.01. The second-order valence-corrected chi connectivity index (χ2v) is 2.63. The van der Waals surface area contributed by atoms with Crippen molar-refractivity contribution >= 4 is 5.78 Å². The van der Waals surface area contributed by atoms with Crippen molar-refractivity contribution in [2.75, 3.05) is 0 Å². The maximum atomic E-state index is 10.7. The van der Waals surface area contributed by atoms with Crippen LogP contribution in [0.15, 0.2) is 0 Å². The van der Waals surface area contributed by atoms with Gasteiger partial charge in [0, 0.05) is 12.8 Å². The summed E-state index contributed by atoms with van der Waals surface area (Å²) in [7, 11) is 0. The number of ketones is 1. The van der Waals surface area contributed by atoms with Crippen molar-refractivity contribution in [1.82, 2.24) is 0 Å². The molecule has 0 heterocycles. The van der Waals surface area contributed by atoms with Crippen LogP contribution in [0, 0.1) is 0 Å². The largest absolute Gasteiger partial charge is 0.393 e. The van der Waals surface area contributed by atoms with Gasteiger partial charge in [-0.05, 0) is 19.8 Å². The summed E-state index contributed by atoms with van der Waals surface area (Å²) in [5.41, 5.74) is 0. The van der Waals surface area contributed by atoms with Gasteiger partial charge in [-0.3, -0.25) is 4.79 Å². The SMILES string of the molecule is CCC(=O)CCC[C@@H](C)O. The van der Waals surface area contributed by atoms with Crippen molar-refractivity contribution in [2.45, 2.75) is 45.6 Å². The van der Waals surface area contributed by atoms with Gasteiger partial charge in [0.1, 0.15) is 5.78 Å². The Bertz CT molecular complexity index is 97.4. The smallest absolute Gasteiger partial charge is 0.132 e. The number of rotatable bonds is 5. The Morgan fingerprint density at radius 2 is 2.20 bits per heavy atom. The summed E-state index contributed by atoms with van der Waals surface area (Å²) in [4.78, 5) is 10.7. The van der Waals surface area contributed by atoms with Gasteiger partial charge < -0.3 is 5.11 Å². The third kappa shape index (κ3) is 5.76. The summed E-state index contributed by atoms with van der Waals surface area (Å²) in [6.45, 7) is 3.61. The van der Waals surface area contributed by atoms with Crippen LogP contribution in [-0.4, -0.2) is 17.0 Å². The predicted octanol–water partition coefficient (Wildman–Crippen LogP) is 1.52. The number of carbonyl (C=O) groups is 1. The molecule has 0 amide bonds. The van der Waals surface area contributed by atoms with Crippen LogP contribution < -0.4 is 0 Å². The quantitative estimate of drug-likeness (QED) is 0.635. The molecule has 0 rings (SSSR count). The van der Waals surface area contributed by atoms with Crippen LogP contribution in [0.3, 0.4) is 0 Å². The highest BCUT2D eigenvalue weighted by Crippen LogP contribution is 2.01. The molecule has 0 aliphatic heterocycles. The van der Waals surface area contributed by atoms with Crippen molar-refractivity contribution in [3.05, 3.63) is 0 Å². The molecule has 0 aliphatic rings. The minimum atomic E-state index is -0.260. The monoisotopic (exact) mass is 144 g/mol. The number of aliphatic hydroxyl groups excluding tert-OH is 1. The van der Waals surface area contributed by atoms with Gasteiger partial charge in [-0.2, -0.15) is 0 Å². The van der Waals surface area contributed by atoms with Crippen molar-refractivity contribution < 1.29 is 9.90 Å². The van der Waals surface area contributed by atoms with E-state index in [0.29, 0.717) is 18.6 Å². The summed E-state index contributed by atoms with van der Waals surface area (Å²) in [6, 6.07) is 0. The summed E-state index contributed by atoms with van der Waals surface area (Å²) in [5, 5.41) is 8.83. The lowest BCUT2D eigenvalue weighted by atomic mass is 10.1. The molecule has 60 valence electrons.